The lowest BCUT2D eigenvalue weighted by atomic mass is 10.0. The van der Waals surface area contributed by atoms with Crippen molar-refractivity contribution in [1.82, 2.24) is 15.1 Å². The van der Waals surface area contributed by atoms with Crippen LogP contribution in [0.25, 0.3) is 0 Å². The zero-order valence-electron chi connectivity index (χ0n) is 17.7. The SMILES string of the molecule is CC(C)(C)OC(=O)NC1CCN([C@H]2CCN(C(=O)OCc3ccccc3)C2)CC1. The van der Waals surface area contributed by atoms with Crippen LogP contribution in [0.4, 0.5) is 9.59 Å². The standard InChI is InChI=1S/C22H33N3O4/c1-22(2,3)29-20(26)23-18-9-12-24(13-10-18)19-11-14-25(15-19)21(27)28-16-17-7-5-4-6-8-17/h4-8,18-19H,9-16H2,1-3H3,(H,23,26)/t19-/m0/s1. The Hall–Kier alpha value is -2.28. The maximum Gasteiger partial charge on any atom is 0.410 e. The molecule has 1 aromatic carbocycles. The molecule has 2 heterocycles. The van der Waals surface area contributed by atoms with E-state index in [1.807, 2.05) is 51.1 Å². The normalized spacial score (nSPS) is 21.1. The second-order valence-corrected chi connectivity index (χ2v) is 8.89. The molecule has 2 aliphatic heterocycles. The van der Waals surface area contributed by atoms with E-state index in [-0.39, 0.29) is 18.2 Å². The van der Waals surface area contributed by atoms with Gasteiger partial charge in [-0.3, -0.25) is 4.90 Å². The van der Waals surface area contributed by atoms with Crippen LogP contribution in [-0.2, 0) is 16.1 Å². The van der Waals surface area contributed by atoms with Crippen LogP contribution in [0.3, 0.4) is 0 Å². The third kappa shape index (κ3) is 6.63. The fourth-order valence-electron chi connectivity index (χ4n) is 3.90. The summed E-state index contributed by atoms with van der Waals surface area (Å²) in [5.74, 6) is 0. The van der Waals surface area contributed by atoms with Gasteiger partial charge in [0.2, 0.25) is 0 Å². The van der Waals surface area contributed by atoms with E-state index in [4.69, 9.17) is 9.47 Å². The maximum absolute atomic E-state index is 12.4. The van der Waals surface area contributed by atoms with E-state index in [0.29, 0.717) is 19.2 Å². The van der Waals surface area contributed by atoms with Crippen molar-refractivity contribution >= 4 is 12.2 Å². The Bertz CT molecular complexity index is 681. The number of rotatable bonds is 4. The molecule has 2 aliphatic rings. The molecule has 0 aromatic heterocycles. The van der Waals surface area contributed by atoms with E-state index in [1.54, 1.807) is 4.90 Å². The largest absolute Gasteiger partial charge is 0.445 e. The molecule has 2 amide bonds. The quantitative estimate of drug-likeness (QED) is 0.834. The molecule has 0 saturated carbocycles. The number of hydrogen-bond donors (Lipinski definition) is 1. The number of nitrogens with zero attached hydrogens (tertiary/aromatic N) is 2. The molecule has 160 valence electrons. The third-order valence-corrected chi connectivity index (χ3v) is 5.39. The second kappa shape index (κ2) is 9.48. The highest BCUT2D eigenvalue weighted by Gasteiger charge is 2.33. The van der Waals surface area contributed by atoms with Crippen molar-refractivity contribution in [3.05, 3.63) is 35.9 Å². The second-order valence-electron chi connectivity index (χ2n) is 8.89. The molecule has 1 atom stereocenters. The number of carbonyl (C=O) groups excluding carboxylic acids is 2. The summed E-state index contributed by atoms with van der Waals surface area (Å²) in [5.41, 5.74) is 0.517. The highest BCUT2D eigenvalue weighted by molar-refractivity contribution is 5.68. The number of carbonyl (C=O) groups is 2. The fraction of sp³-hybridized carbons (Fsp3) is 0.636. The third-order valence-electron chi connectivity index (χ3n) is 5.39. The van der Waals surface area contributed by atoms with Crippen molar-refractivity contribution in [2.45, 2.75) is 64.3 Å². The van der Waals surface area contributed by atoms with Gasteiger partial charge in [-0.15, -0.1) is 0 Å². The highest BCUT2D eigenvalue weighted by Crippen LogP contribution is 2.21. The summed E-state index contributed by atoms with van der Waals surface area (Å²) in [6, 6.07) is 10.2. The smallest absolute Gasteiger partial charge is 0.410 e. The Kier molecular flexibility index (Phi) is 7.00. The number of alkyl carbamates (subject to hydrolysis) is 1. The van der Waals surface area contributed by atoms with Gasteiger partial charge in [-0.2, -0.15) is 0 Å². The molecule has 7 nitrogen and oxygen atoms in total. The fourth-order valence-corrected chi connectivity index (χ4v) is 3.90. The summed E-state index contributed by atoms with van der Waals surface area (Å²) in [7, 11) is 0. The van der Waals surface area contributed by atoms with Gasteiger partial charge in [-0.1, -0.05) is 30.3 Å². The lowest BCUT2D eigenvalue weighted by molar-refractivity contribution is 0.0467. The lowest BCUT2D eigenvalue weighted by Crippen LogP contribution is -2.49. The van der Waals surface area contributed by atoms with Gasteiger partial charge >= 0.3 is 12.2 Å². The molecule has 0 radical (unpaired) electrons. The molecule has 2 saturated heterocycles. The number of benzene rings is 1. The molecule has 2 fully saturated rings. The van der Waals surface area contributed by atoms with E-state index < -0.39 is 5.60 Å². The monoisotopic (exact) mass is 403 g/mol. The van der Waals surface area contributed by atoms with Crippen LogP contribution >= 0.6 is 0 Å². The number of nitrogens with one attached hydrogen (secondary N) is 1. The highest BCUT2D eigenvalue weighted by atomic mass is 16.6. The zero-order valence-corrected chi connectivity index (χ0v) is 17.7. The van der Waals surface area contributed by atoms with E-state index in [9.17, 15) is 9.59 Å². The van der Waals surface area contributed by atoms with Gasteiger partial charge in [0.1, 0.15) is 12.2 Å². The molecular weight excluding hydrogens is 370 g/mol. The van der Waals surface area contributed by atoms with Crippen LogP contribution in [0.5, 0.6) is 0 Å². The van der Waals surface area contributed by atoms with E-state index in [0.717, 1.165) is 44.5 Å². The van der Waals surface area contributed by atoms with Gasteiger partial charge in [0.25, 0.3) is 0 Å². The minimum absolute atomic E-state index is 0.148. The number of ether oxygens (including phenoxy) is 2. The van der Waals surface area contributed by atoms with E-state index in [1.165, 1.54) is 0 Å². The van der Waals surface area contributed by atoms with Crippen molar-refractivity contribution in [1.29, 1.82) is 0 Å². The molecule has 0 bridgehead atoms. The van der Waals surface area contributed by atoms with E-state index in [2.05, 4.69) is 10.2 Å². The summed E-state index contributed by atoms with van der Waals surface area (Å²) in [5, 5.41) is 2.97. The zero-order chi connectivity index (χ0) is 20.9. The van der Waals surface area contributed by atoms with Crippen LogP contribution in [0.15, 0.2) is 30.3 Å². The van der Waals surface area contributed by atoms with Gasteiger partial charge in [-0.05, 0) is 45.6 Å². The number of hydrogen-bond acceptors (Lipinski definition) is 5. The molecule has 0 aliphatic carbocycles. The van der Waals surface area contributed by atoms with Gasteiger partial charge in [0, 0.05) is 38.3 Å². The number of amides is 2. The Labute approximate surface area is 173 Å². The van der Waals surface area contributed by atoms with Crippen molar-refractivity contribution in [3.63, 3.8) is 0 Å². The molecular formula is C22H33N3O4. The first-order chi connectivity index (χ1) is 13.8. The molecule has 0 spiro atoms. The molecule has 1 aromatic rings. The average Bonchev–Trinajstić information content (AvgIpc) is 3.16. The first-order valence-corrected chi connectivity index (χ1v) is 10.5. The predicted molar refractivity (Wildman–Crippen MR) is 111 cm³/mol. The van der Waals surface area contributed by atoms with Crippen molar-refractivity contribution < 1.29 is 19.1 Å². The topological polar surface area (TPSA) is 71.1 Å². The first kappa shape index (κ1) is 21.4. The van der Waals surface area contributed by atoms with Crippen LogP contribution in [-0.4, -0.2) is 65.9 Å². The molecule has 7 heteroatoms. The summed E-state index contributed by atoms with van der Waals surface area (Å²) in [4.78, 5) is 28.5. The summed E-state index contributed by atoms with van der Waals surface area (Å²) < 4.78 is 10.8. The summed E-state index contributed by atoms with van der Waals surface area (Å²) in [6.07, 6.45) is 2.18. The minimum atomic E-state index is -0.479. The summed E-state index contributed by atoms with van der Waals surface area (Å²) >= 11 is 0. The van der Waals surface area contributed by atoms with Gasteiger partial charge < -0.3 is 19.7 Å². The van der Waals surface area contributed by atoms with Gasteiger partial charge in [-0.25, -0.2) is 9.59 Å². The number of piperidine rings is 1. The summed E-state index contributed by atoms with van der Waals surface area (Å²) in [6.45, 7) is 9.18. The van der Waals surface area contributed by atoms with E-state index >= 15 is 0 Å². The average molecular weight is 404 g/mol. The maximum atomic E-state index is 12.4. The minimum Gasteiger partial charge on any atom is -0.445 e. The first-order valence-electron chi connectivity index (χ1n) is 10.5. The Morgan fingerprint density at radius 2 is 1.76 bits per heavy atom. The molecule has 3 rings (SSSR count). The van der Waals surface area contributed by atoms with Crippen molar-refractivity contribution in [2.24, 2.45) is 0 Å². The number of likely N-dealkylation sites (tertiary alicyclic amines) is 2. The van der Waals surface area contributed by atoms with Gasteiger partial charge in [0.05, 0.1) is 0 Å². The lowest BCUT2D eigenvalue weighted by Gasteiger charge is -2.36. The Morgan fingerprint density at radius 3 is 2.41 bits per heavy atom. The molecule has 29 heavy (non-hydrogen) atoms. The Morgan fingerprint density at radius 1 is 1.07 bits per heavy atom. The predicted octanol–water partition coefficient (Wildman–Crippen LogP) is 3.39. The van der Waals surface area contributed by atoms with Crippen LogP contribution < -0.4 is 5.32 Å². The van der Waals surface area contributed by atoms with Crippen molar-refractivity contribution in [3.8, 4) is 0 Å². The molecule has 1 N–H and O–H groups in total. The Balaban J connectivity index is 1.37. The van der Waals surface area contributed by atoms with Gasteiger partial charge in [0.15, 0.2) is 0 Å². The van der Waals surface area contributed by atoms with Crippen LogP contribution in [0.1, 0.15) is 45.6 Å². The van der Waals surface area contributed by atoms with Crippen LogP contribution in [0, 0.1) is 0 Å². The van der Waals surface area contributed by atoms with Crippen molar-refractivity contribution in [2.75, 3.05) is 26.2 Å². The van der Waals surface area contributed by atoms with Crippen LogP contribution in [0.2, 0.25) is 0 Å². The molecule has 0 unspecified atom stereocenters.